The van der Waals surface area contributed by atoms with Crippen LogP contribution in [0, 0.1) is 0 Å². The molecule has 0 unspecified atom stereocenters. The molecular formula is C12H18KN. The van der Waals surface area contributed by atoms with E-state index in [0.29, 0.717) is 11.8 Å². The molecule has 0 aliphatic rings. The fourth-order valence-corrected chi connectivity index (χ4v) is 1.55. The van der Waals surface area contributed by atoms with E-state index in [1.807, 2.05) is 0 Å². The van der Waals surface area contributed by atoms with Gasteiger partial charge in [0.2, 0.25) is 0 Å². The van der Waals surface area contributed by atoms with Gasteiger partial charge in [-0.15, -0.1) is 5.69 Å². The molecule has 0 bridgehead atoms. The summed E-state index contributed by atoms with van der Waals surface area (Å²) in [6, 6.07) is 6.17. The van der Waals surface area contributed by atoms with E-state index in [2.05, 4.69) is 45.9 Å². The zero-order valence-electron chi connectivity index (χ0n) is 9.89. The van der Waals surface area contributed by atoms with E-state index in [-0.39, 0.29) is 51.4 Å². The van der Waals surface area contributed by atoms with Crippen LogP contribution in [0.4, 0.5) is 5.69 Å². The van der Waals surface area contributed by atoms with Crippen LogP contribution in [0.2, 0.25) is 0 Å². The predicted molar refractivity (Wildman–Crippen MR) is 58.6 cm³/mol. The van der Waals surface area contributed by atoms with Crippen molar-refractivity contribution in [2.24, 2.45) is 0 Å². The number of rotatable bonds is 2. The second-order valence-electron chi connectivity index (χ2n) is 4.12. The van der Waals surface area contributed by atoms with E-state index < -0.39 is 0 Å². The molecule has 0 saturated carbocycles. The molecule has 2 heteroatoms. The van der Waals surface area contributed by atoms with Crippen molar-refractivity contribution in [3.05, 3.63) is 35.1 Å². The second kappa shape index (κ2) is 6.28. The van der Waals surface area contributed by atoms with Gasteiger partial charge in [-0.3, -0.25) is 0 Å². The molecule has 1 nitrogen and oxygen atoms in total. The van der Waals surface area contributed by atoms with E-state index in [1.54, 1.807) is 0 Å². The summed E-state index contributed by atoms with van der Waals surface area (Å²) in [6.45, 7) is 8.55. The van der Waals surface area contributed by atoms with Crippen LogP contribution in [0.5, 0.6) is 0 Å². The molecule has 1 rings (SSSR count). The normalized spacial score (nSPS) is 10.4. The average molecular weight is 215 g/mol. The number of benzene rings is 1. The van der Waals surface area contributed by atoms with Gasteiger partial charge in [0, 0.05) is 0 Å². The van der Waals surface area contributed by atoms with Gasteiger partial charge in [-0.1, -0.05) is 57.0 Å². The van der Waals surface area contributed by atoms with E-state index in [1.165, 1.54) is 0 Å². The third-order valence-electron chi connectivity index (χ3n) is 2.37. The first-order chi connectivity index (χ1) is 6.04. The van der Waals surface area contributed by atoms with Crippen LogP contribution in [-0.4, -0.2) is 0 Å². The summed E-state index contributed by atoms with van der Waals surface area (Å²) in [7, 11) is 0. The molecule has 1 aromatic rings. The first kappa shape index (κ1) is 14.7. The maximum absolute atomic E-state index is 8.01. The Labute approximate surface area is 130 Å². The molecular weight excluding hydrogens is 197 g/mol. The standard InChI is InChI=1S/C12H18N.K/c1-8(2)10-6-5-7-11(9(3)4)12(10)13;/h5-9,13H,1-4H3;/q-1;+1. The molecule has 14 heavy (non-hydrogen) atoms. The summed E-state index contributed by atoms with van der Waals surface area (Å²) in [6.07, 6.45) is 0. The van der Waals surface area contributed by atoms with Crippen molar-refractivity contribution in [1.29, 1.82) is 0 Å². The van der Waals surface area contributed by atoms with Crippen molar-refractivity contribution in [3.63, 3.8) is 0 Å². The Morgan fingerprint density at radius 3 is 1.57 bits per heavy atom. The zero-order chi connectivity index (χ0) is 10.0. The quantitative estimate of drug-likeness (QED) is 0.670. The van der Waals surface area contributed by atoms with Gasteiger partial charge in [0.05, 0.1) is 0 Å². The zero-order valence-corrected chi connectivity index (χ0v) is 13.0. The maximum atomic E-state index is 8.01. The molecule has 1 aromatic carbocycles. The molecule has 0 atom stereocenters. The monoisotopic (exact) mass is 215 g/mol. The Kier molecular flexibility index (Phi) is 6.58. The number of nitrogens with one attached hydrogen (secondary N) is 1. The fourth-order valence-electron chi connectivity index (χ4n) is 1.55. The summed E-state index contributed by atoms with van der Waals surface area (Å²) in [5, 5.41) is 0. The van der Waals surface area contributed by atoms with Gasteiger partial charge in [0.1, 0.15) is 0 Å². The smallest absolute Gasteiger partial charge is 0.698 e. The molecule has 0 spiro atoms. The molecule has 1 N–H and O–H groups in total. The third kappa shape index (κ3) is 3.35. The van der Waals surface area contributed by atoms with Crippen molar-refractivity contribution in [1.82, 2.24) is 0 Å². The van der Waals surface area contributed by atoms with Crippen LogP contribution >= 0.6 is 0 Å². The van der Waals surface area contributed by atoms with Crippen LogP contribution in [-0.2, 0) is 0 Å². The summed E-state index contributed by atoms with van der Waals surface area (Å²) in [5.74, 6) is 0.900. The number of hydrogen-bond acceptors (Lipinski definition) is 0. The van der Waals surface area contributed by atoms with Crippen LogP contribution in [0.3, 0.4) is 0 Å². The van der Waals surface area contributed by atoms with Gasteiger partial charge in [-0.25, -0.2) is 0 Å². The van der Waals surface area contributed by atoms with Crippen molar-refractivity contribution in [2.75, 3.05) is 0 Å². The van der Waals surface area contributed by atoms with E-state index >= 15 is 0 Å². The minimum Gasteiger partial charge on any atom is -0.698 e. The van der Waals surface area contributed by atoms with Crippen molar-refractivity contribution in [3.8, 4) is 0 Å². The Bertz CT molecular complexity index is 266. The van der Waals surface area contributed by atoms with Crippen molar-refractivity contribution in [2.45, 2.75) is 39.5 Å². The Balaban J connectivity index is 0.00000169. The third-order valence-corrected chi connectivity index (χ3v) is 2.37. The topological polar surface area (TPSA) is 23.8 Å². The average Bonchev–Trinajstić information content (AvgIpc) is 2.03. The van der Waals surface area contributed by atoms with Crippen molar-refractivity contribution < 1.29 is 51.4 Å². The van der Waals surface area contributed by atoms with Crippen LogP contribution < -0.4 is 51.4 Å². The molecule has 0 aliphatic heterocycles. The van der Waals surface area contributed by atoms with Gasteiger partial charge in [-0.05, 0) is 11.8 Å². The molecule has 0 amide bonds. The van der Waals surface area contributed by atoms with E-state index in [4.69, 9.17) is 5.73 Å². The van der Waals surface area contributed by atoms with E-state index in [0.717, 1.165) is 16.8 Å². The molecule has 0 saturated heterocycles. The molecule has 0 fully saturated rings. The van der Waals surface area contributed by atoms with Crippen LogP contribution in [0.15, 0.2) is 18.2 Å². The summed E-state index contributed by atoms with van der Waals surface area (Å²) >= 11 is 0. The van der Waals surface area contributed by atoms with Gasteiger partial charge < -0.3 is 5.73 Å². The molecule has 72 valence electrons. The van der Waals surface area contributed by atoms with Crippen molar-refractivity contribution >= 4 is 5.69 Å². The van der Waals surface area contributed by atoms with Gasteiger partial charge >= 0.3 is 51.4 Å². The largest absolute Gasteiger partial charge is 1.00 e. The predicted octanol–water partition coefficient (Wildman–Crippen LogP) is 1.62. The Morgan fingerprint density at radius 1 is 0.929 bits per heavy atom. The number of hydrogen-bond donors (Lipinski definition) is 0. The van der Waals surface area contributed by atoms with Gasteiger partial charge in [0.15, 0.2) is 0 Å². The van der Waals surface area contributed by atoms with Crippen LogP contribution in [0.25, 0.3) is 5.73 Å². The summed E-state index contributed by atoms with van der Waals surface area (Å²) < 4.78 is 0. The molecule has 0 aliphatic carbocycles. The first-order valence-corrected chi connectivity index (χ1v) is 4.88. The van der Waals surface area contributed by atoms with Crippen LogP contribution in [0.1, 0.15) is 50.7 Å². The minimum atomic E-state index is 0. The maximum Gasteiger partial charge on any atom is 1.00 e. The van der Waals surface area contributed by atoms with Gasteiger partial charge in [0.25, 0.3) is 0 Å². The Hall–Kier alpha value is 0.656. The molecule has 0 heterocycles. The fraction of sp³-hybridized carbons (Fsp3) is 0.500. The van der Waals surface area contributed by atoms with Gasteiger partial charge in [-0.2, -0.15) is 0 Å². The SMILES string of the molecule is CC(C)c1cccc(C(C)C)c1[NH-].[K+]. The minimum absolute atomic E-state index is 0. The van der Waals surface area contributed by atoms with E-state index in [9.17, 15) is 0 Å². The Morgan fingerprint density at radius 2 is 1.29 bits per heavy atom. The summed E-state index contributed by atoms with van der Waals surface area (Å²) in [4.78, 5) is 0. The second-order valence-corrected chi connectivity index (χ2v) is 4.12. The molecule has 0 aromatic heterocycles. The summed E-state index contributed by atoms with van der Waals surface area (Å²) in [5.41, 5.74) is 11.1. The first-order valence-electron chi connectivity index (χ1n) is 4.88. The molecule has 0 radical (unpaired) electrons.